The number of rotatable bonds is 2. The predicted octanol–water partition coefficient (Wildman–Crippen LogP) is -0.676. The SMILES string of the molecule is NS(=O)(=O)C1CC(=O)N(c2ccc3c(c2)CNC3=O)C1. The van der Waals surface area contributed by atoms with Crippen LogP contribution >= 0.6 is 0 Å². The Labute approximate surface area is 115 Å². The fraction of sp³-hybridized carbons (Fsp3) is 0.333. The fourth-order valence-electron chi connectivity index (χ4n) is 2.53. The Balaban J connectivity index is 1.91. The average Bonchev–Trinajstić information content (AvgIpc) is 2.93. The van der Waals surface area contributed by atoms with Crippen molar-refractivity contribution in [3.05, 3.63) is 29.3 Å². The molecule has 0 bridgehead atoms. The molecule has 2 aliphatic heterocycles. The lowest BCUT2D eigenvalue weighted by Gasteiger charge is -2.17. The van der Waals surface area contributed by atoms with Crippen LogP contribution in [0.15, 0.2) is 18.2 Å². The molecule has 1 unspecified atom stereocenters. The van der Waals surface area contributed by atoms with Crippen molar-refractivity contribution in [1.82, 2.24) is 5.32 Å². The van der Waals surface area contributed by atoms with E-state index in [1.165, 1.54) is 4.90 Å². The van der Waals surface area contributed by atoms with Crippen molar-refractivity contribution in [3.63, 3.8) is 0 Å². The van der Waals surface area contributed by atoms with E-state index in [9.17, 15) is 18.0 Å². The Morgan fingerprint density at radius 2 is 2.05 bits per heavy atom. The molecule has 0 spiro atoms. The van der Waals surface area contributed by atoms with Crippen molar-refractivity contribution in [2.24, 2.45) is 5.14 Å². The minimum absolute atomic E-state index is 0.0534. The molecule has 1 saturated heterocycles. The third-order valence-corrected chi connectivity index (χ3v) is 4.88. The van der Waals surface area contributed by atoms with Gasteiger partial charge in [-0.15, -0.1) is 0 Å². The van der Waals surface area contributed by atoms with E-state index in [0.29, 0.717) is 17.8 Å². The first-order valence-corrected chi connectivity index (χ1v) is 7.70. The van der Waals surface area contributed by atoms with Crippen molar-refractivity contribution in [2.45, 2.75) is 18.2 Å². The number of carbonyl (C=O) groups is 2. The summed E-state index contributed by atoms with van der Waals surface area (Å²) in [6.07, 6.45) is -0.104. The van der Waals surface area contributed by atoms with Gasteiger partial charge >= 0.3 is 0 Å². The summed E-state index contributed by atoms with van der Waals surface area (Å²) in [6.45, 7) is 0.473. The van der Waals surface area contributed by atoms with Gasteiger partial charge in [0.15, 0.2) is 0 Å². The van der Waals surface area contributed by atoms with Gasteiger partial charge in [-0.05, 0) is 23.8 Å². The number of fused-ring (bicyclic) bond motifs is 1. The maximum atomic E-state index is 11.9. The van der Waals surface area contributed by atoms with E-state index in [1.54, 1.807) is 18.2 Å². The number of hydrogen-bond acceptors (Lipinski definition) is 4. The number of anilines is 1. The Morgan fingerprint density at radius 3 is 2.70 bits per heavy atom. The zero-order chi connectivity index (χ0) is 14.5. The van der Waals surface area contributed by atoms with Crippen molar-refractivity contribution in [2.75, 3.05) is 11.4 Å². The second kappa shape index (κ2) is 4.29. The Hall–Kier alpha value is -1.93. The molecule has 8 heteroatoms. The molecule has 1 aromatic rings. The number of amides is 2. The minimum atomic E-state index is -3.73. The van der Waals surface area contributed by atoms with E-state index in [0.717, 1.165) is 5.56 Å². The first-order chi connectivity index (χ1) is 9.36. The quantitative estimate of drug-likeness (QED) is 0.753. The van der Waals surface area contributed by atoms with Crippen molar-refractivity contribution in [3.8, 4) is 0 Å². The summed E-state index contributed by atoms with van der Waals surface area (Å²) >= 11 is 0. The molecule has 0 aromatic heterocycles. The van der Waals surface area contributed by atoms with Gasteiger partial charge in [-0.3, -0.25) is 9.59 Å². The molecule has 3 rings (SSSR count). The maximum absolute atomic E-state index is 11.9. The molecule has 1 atom stereocenters. The van der Waals surface area contributed by atoms with Crippen LogP contribution in [0.4, 0.5) is 5.69 Å². The third-order valence-electron chi connectivity index (χ3n) is 3.64. The highest BCUT2D eigenvalue weighted by Crippen LogP contribution is 2.27. The first-order valence-electron chi connectivity index (χ1n) is 6.09. The normalized spacial score (nSPS) is 22.1. The minimum Gasteiger partial charge on any atom is -0.348 e. The highest BCUT2D eigenvalue weighted by Gasteiger charge is 2.37. The number of nitrogens with two attached hydrogens (primary N) is 1. The lowest BCUT2D eigenvalue weighted by Crippen LogP contribution is -2.32. The van der Waals surface area contributed by atoms with Crippen LogP contribution in [-0.4, -0.2) is 32.0 Å². The van der Waals surface area contributed by atoms with Gasteiger partial charge in [0.1, 0.15) is 5.25 Å². The molecule has 20 heavy (non-hydrogen) atoms. The zero-order valence-electron chi connectivity index (χ0n) is 10.5. The predicted molar refractivity (Wildman–Crippen MR) is 71.5 cm³/mol. The first kappa shape index (κ1) is 13.1. The topological polar surface area (TPSA) is 110 Å². The van der Waals surface area contributed by atoms with Gasteiger partial charge in [0, 0.05) is 30.8 Å². The van der Waals surface area contributed by atoms with Crippen LogP contribution in [-0.2, 0) is 21.4 Å². The molecule has 106 valence electrons. The Bertz CT molecular complexity index is 713. The summed E-state index contributed by atoms with van der Waals surface area (Å²) < 4.78 is 22.7. The van der Waals surface area contributed by atoms with Gasteiger partial charge < -0.3 is 10.2 Å². The van der Waals surface area contributed by atoms with Crippen LogP contribution in [0.3, 0.4) is 0 Å². The Morgan fingerprint density at radius 1 is 1.30 bits per heavy atom. The molecule has 0 aliphatic carbocycles. The highest BCUT2D eigenvalue weighted by atomic mass is 32.2. The van der Waals surface area contributed by atoms with E-state index in [2.05, 4.69) is 5.32 Å². The summed E-state index contributed by atoms with van der Waals surface area (Å²) in [7, 11) is -3.73. The van der Waals surface area contributed by atoms with Gasteiger partial charge in [-0.1, -0.05) is 0 Å². The van der Waals surface area contributed by atoms with Crippen molar-refractivity contribution < 1.29 is 18.0 Å². The zero-order valence-corrected chi connectivity index (χ0v) is 11.3. The number of sulfonamides is 1. The number of primary sulfonamides is 1. The van der Waals surface area contributed by atoms with E-state index in [-0.39, 0.29) is 24.8 Å². The van der Waals surface area contributed by atoms with Gasteiger partial charge in [0.2, 0.25) is 15.9 Å². The van der Waals surface area contributed by atoms with Gasteiger partial charge in [-0.2, -0.15) is 0 Å². The number of nitrogens with zero attached hydrogens (tertiary/aromatic N) is 1. The van der Waals surface area contributed by atoms with Crippen LogP contribution in [0.5, 0.6) is 0 Å². The molecule has 0 radical (unpaired) electrons. The standard InChI is InChI=1S/C12H13N3O4S/c13-20(18,19)9-4-11(16)15(6-9)8-1-2-10-7(3-8)5-14-12(10)17/h1-3,9H,4-6H2,(H,14,17)(H2,13,18,19). The average molecular weight is 295 g/mol. The van der Waals surface area contributed by atoms with Crippen LogP contribution < -0.4 is 15.4 Å². The van der Waals surface area contributed by atoms with Gasteiger partial charge in [-0.25, -0.2) is 13.6 Å². The van der Waals surface area contributed by atoms with Gasteiger partial charge in [0.05, 0.1) is 0 Å². The van der Waals surface area contributed by atoms with Crippen molar-refractivity contribution >= 4 is 27.5 Å². The van der Waals surface area contributed by atoms with Crippen LogP contribution in [0.2, 0.25) is 0 Å². The van der Waals surface area contributed by atoms with Gasteiger partial charge in [0.25, 0.3) is 5.91 Å². The second-order valence-electron chi connectivity index (χ2n) is 4.94. The summed E-state index contributed by atoms with van der Waals surface area (Å²) in [5.74, 6) is -0.414. The summed E-state index contributed by atoms with van der Waals surface area (Å²) in [4.78, 5) is 24.8. The van der Waals surface area contributed by atoms with Crippen molar-refractivity contribution in [1.29, 1.82) is 0 Å². The molecule has 2 aliphatic rings. The van der Waals surface area contributed by atoms with Crippen LogP contribution in [0, 0.1) is 0 Å². The summed E-state index contributed by atoms with van der Waals surface area (Å²) in [6, 6.07) is 5.02. The molecule has 0 saturated carbocycles. The Kier molecular flexibility index (Phi) is 2.80. The number of hydrogen-bond donors (Lipinski definition) is 2. The van der Waals surface area contributed by atoms with Crippen LogP contribution in [0.1, 0.15) is 22.3 Å². The number of benzene rings is 1. The smallest absolute Gasteiger partial charge is 0.251 e. The van der Waals surface area contributed by atoms with Crippen LogP contribution in [0.25, 0.3) is 0 Å². The van der Waals surface area contributed by atoms with E-state index >= 15 is 0 Å². The third kappa shape index (κ3) is 2.06. The molecule has 7 nitrogen and oxygen atoms in total. The van der Waals surface area contributed by atoms with E-state index in [4.69, 9.17) is 5.14 Å². The van der Waals surface area contributed by atoms with E-state index in [1.807, 2.05) is 0 Å². The molecular weight excluding hydrogens is 282 g/mol. The lowest BCUT2D eigenvalue weighted by atomic mass is 10.1. The lowest BCUT2D eigenvalue weighted by molar-refractivity contribution is -0.117. The number of carbonyl (C=O) groups excluding carboxylic acids is 2. The highest BCUT2D eigenvalue weighted by molar-refractivity contribution is 7.89. The molecular formula is C12H13N3O4S. The number of nitrogens with one attached hydrogen (secondary N) is 1. The second-order valence-corrected chi connectivity index (χ2v) is 6.79. The molecule has 3 N–H and O–H groups in total. The molecule has 1 aromatic carbocycles. The summed E-state index contributed by atoms with van der Waals surface area (Å²) in [5.41, 5.74) is 1.99. The molecule has 2 amide bonds. The molecule has 2 heterocycles. The summed E-state index contributed by atoms with van der Waals surface area (Å²) in [5, 5.41) is 6.91. The van der Waals surface area contributed by atoms with E-state index < -0.39 is 15.3 Å². The largest absolute Gasteiger partial charge is 0.348 e. The molecule has 1 fully saturated rings. The fourth-order valence-corrected chi connectivity index (χ4v) is 3.26. The maximum Gasteiger partial charge on any atom is 0.251 e. The monoisotopic (exact) mass is 295 g/mol.